The Balaban J connectivity index is 1.89. The number of fused-ring (bicyclic) bond motifs is 1. The SMILES string of the molecule is CCNC(=O)c1noc(C2NCCc3ccccc32)n1. The Bertz CT molecular complexity index is 623. The zero-order valence-electron chi connectivity index (χ0n) is 11.2. The molecule has 1 aliphatic heterocycles. The highest BCUT2D eigenvalue weighted by Gasteiger charge is 2.27. The van der Waals surface area contributed by atoms with Gasteiger partial charge in [0.25, 0.3) is 11.7 Å². The van der Waals surface area contributed by atoms with Gasteiger partial charge in [-0.2, -0.15) is 4.98 Å². The van der Waals surface area contributed by atoms with Gasteiger partial charge in [-0.05, 0) is 24.5 Å². The van der Waals surface area contributed by atoms with Crippen LogP contribution in [0.5, 0.6) is 0 Å². The van der Waals surface area contributed by atoms with Crippen LogP contribution < -0.4 is 10.6 Å². The number of rotatable bonds is 3. The maximum atomic E-state index is 11.7. The fraction of sp³-hybridized carbons (Fsp3) is 0.357. The number of hydrogen-bond acceptors (Lipinski definition) is 5. The van der Waals surface area contributed by atoms with Crippen LogP contribution in [0.1, 0.15) is 40.6 Å². The van der Waals surface area contributed by atoms with Crippen molar-refractivity contribution in [1.82, 2.24) is 20.8 Å². The summed E-state index contributed by atoms with van der Waals surface area (Å²) >= 11 is 0. The van der Waals surface area contributed by atoms with Gasteiger partial charge in [0.15, 0.2) is 0 Å². The molecule has 1 aromatic heterocycles. The largest absolute Gasteiger partial charge is 0.349 e. The Labute approximate surface area is 116 Å². The lowest BCUT2D eigenvalue weighted by Crippen LogP contribution is -2.31. The lowest BCUT2D eigenvalue weighted by Gasteiger charge is -2.23. The third kappa shape index (κ3) is 2.30. The normalized spacial score (nSPS) is 17.6. The molecule has 6 nitrogen and oxygen atoms in total. The molecule has 1 aromatic carbocycles. The molecule has 3 rings (SSSR count). The molecular weight excluding hydrogens is 256 g/mol. The van der Waals surface area contributed by atoms with E-state index in [1.807, 2.05) is 25.1 Å². The van der Waals surface area contributed by atoms with E-state index in [9.17, 15) is 4.79 Å². The summed E-state index contributed by atoms with van der Waals surface area (Å²) < 4.78 is 5.24. The third-order valence-electron chi connectivity index (χ3n) is 3.34. The molecule has 0 spiro atoms. The van der Waals surface area contributed by atoms with Crippen molar-refractivity contribution in [2.45, 2.75) is 19.4 Å². The number of carbonyl (C=O) groups is 1. The van der Waals surface area contributed by atoms with E-state index in [0.29, 0.717) is 12.4 Å². The lowest BCUT2D eigenvalue weighted by molar-refractivity contribution is 0.0942. The molecule has 1 atom stereocenters. The van der Waals surface area contributed by atoms with Gasteiger partial charge >= 0.3 is 0 Å². The molecule has 0 bridgehead atoms. The first-order valence-corrected chi connectivity index (χ1v) is 6.72. The van der Waals surface area contributed by atoms with Gasteiger partial charge in [0.05, 0.1) is 0 Å². The minimum atomic E-state index is -0.313. The van der Waals surface area contributed by atoms with E-state index in [-0.39, 0.29) is 17.8 Å². The van der Waals surface area contributed by atoms with Crippen molar-refractivity contribution in [1.29, 1.82) is 0 Å². The summed E-state index contributed by atoms with van der Waals surface area (Å²) in [6, 6.07) is 8.01. The summed E-state index contributed by atoms with van der Waals surface area (Å²) in [5, 5.41) is 9.75. The highest BCUT2D eigenvalue weighted by molar-refractivity contribution is 5.90. The zero-order chi connectivity index (χ0) is 13.9. The molecule has 0 saturated carbocycles. The summed E-state index contributed by atoms with van der Waals surface area (Å²) in [6.45, 7) is 3.23. The quantitative estimate of drug-likeness (QED) is 0.873. The van der Waals surface area contributed by atoms with E-state index >= 15 is 0 Å². The molecule has 1 amide bonds. The van der Waals surface area contributed by atoms with Crippen LogP contribution in [0.2, 0.25) is 0 Å². The van der Waals surface area contributed by atoms with Gasteiger partial charge in [-0.1, -0.05) is 29.4 Å². The number of amides is 1. The summed E-state index contributed by atoms with van der Waals surface area (Å²) in [7, 11) is 0. The van der Waals surface area contributed by atoms with Gasteiger partial charge in [0.1, 0.15) is 6.04 Å². The van der Waals surface area contributed by atoms with Gasteiger partial charge in [-0.3, -0.25) is 4.79 Å². The topological polar surface area (TPSA) is 80.0 Å². The molecule has 2 N–H and O–H groups in total. The van der Waals surface area contributed by atoms with Crippen LogP contribution in [-0.4, -0.2) is 29.1 Å². The summed E-state index contributed by atoms with van der Waals surface area (Å²) in [5.74, 6) is 0.191. The van der Waals surface area contributed by atoms with Gasteiger partial charge in [0, 0.05) is 13.1 Å². The predicted octanol–water partition coefficient (Wildman–Crippen LogP) is 1.05. The second kappa shape index (κ2) is 5.42. The molecule has 20 heavy (non-hydrogen) atoms. The molecule has 104 valence electrons. The van der Waals surface area contributed by atoms with E-state index in [1.54, 1.807) is 0 Å². The second-order valence-electron chi connectivity index (χ2n) is 4.65. The van der Waals surface area contributed by atoms with E-state index in [4.69, 9.17) is 4.52 Å². The van der Waals surface area contributed by atoms with Crippen LogP contribution in [0.4, 0.5) is 0 Å². The first-order chi connectivity index (χ1) is 9.79. The fourth-order valence-electron chi connectivity index (χ4n) is 2.41. The highest BCUT2D eigenvalue weighted by Crippen LogP contribution is 2.27. The Morgan fingerprint density at radius 2 is 2.35 bits per heavy atom. The van der Waals surface area contributed by atoms with Gasteiger partial charge in [-0.25, -0.2) is 0 Å². The van der Waals surface area contributed by atoms with Gasteiger partial charge < -0.3 is 15.2 Å². The monoisotopic (exact) mass is 272 g/mol. The number of nitrogens with one attached hydrogen (secondary N) is 2. The minimum absolute atomic E-state index is 0.0757. The molecule has 1 aliphatic rings. The molecule has 2 heterocycles. The summed E-state index contributed by atoms with van der Waals surface area (Å²) in [5.41, 5.74) is 2.40. The molecule has 2 aromatic rings. The van der Waals surface area contributed by atoms with E-state index < -0.39 is 0 Å². The van der Waals surface area contributed by atoms with Crippen molar-refractivity contribution in [3.05, 3.63) is 47.1 Å². The maximum absolute atomic E-state index is 11.7. The van der Waals surface area contributed by atoms with Crippen LogP contribution in [0, 0.1) is 0 Å². The average Bonchev–Trinajstić information content (AvgIpc) is 2.97. The van der Waals surface area contributed by atoms with Gasteiger partial charge in [-0.15, -0.1) is 0 Å². The van der Waals surface area contributed by atoms with Crippen LogP contribution in [0.15, 0.2) is 28.8 Å². The second-order valence-corrected chi connectivity index (χ2v) is 4.65. The smallest absolute Gasteiger partial charge is 0.292 e. The van der Waals surface area contributed by atoms with Crippen molar-refractivity contribution >= 4 is 5.91 Å². The zero-order valence-corrected chi connectivity index (χ0v) is 11.2. The number of nitrogens with zero attached hydrogens (tertiary/aromatic N) is 2. The molecule has 0 radical (unpaired) electrons. The van der Waals surface area contributed by atoms with E-state index in [1.165, 1.54) is 5.56 Å². The molecule has 0 fully saturated rings. The van der Waals surface area contributed by atoms with E-state index in [2.05, 4.69) is 26.8 Å². The van der Waals surface area contributed by atoms with Crippen molar-refractivity contribution in [3.63, 3.8) is 0 Å². The molecule has 1 unspecified atom stereocenters. The van der Waals surface area contributed by atoms with Gasteiger partial charge in [0.2, 0.25) is 5.89 Å². The van der Waals surface area contributed by atoms with Crippen LogP contribution in [0.3, 0.4) is 0 Å². The Hall–Kier alpha value is -2.21. The highest BCUT2D eigenvalue weighted by atomic mass is 16.5. The first-order valence-electron chi connectivity index (χ1n) is 6.72. The summed E-state index contributed by atoms with van der Waals surface area (Å²) in [6.07, 6.45) is 0.976. The first kappa shape index (κ1) is 12.8. The maximum Gasteiger partial charge on any atom is 0.292 e. The van der Waals surface area contributed by atoms with Crippen LogP contribution in [0.25, 0.3) is 0 Å². The van der Waals surface area contributed by atoms with Crippen LogP contribution in [-0.2, 0) is 6.42 Å². The van der Waals surface area contributed by atoms with Crippen molar-refractivity contribution in [2.24, 2.45) is 0 Å². The number of carbonyl (C=O) groups excluding carboxylic acids is 1. The Morgan fingerprint density at radius 3 is 3.20 bits per heavy atom. The molecule has 6 heteroatoms. The average molecular weight is 272 g/mol. The minimum Gasteiger partial charge on any atom is -0.349 e. The van der Waals surface area contributed by atoms with Crippen LogP contribution >= 0.6 is 0 Å². The molecule has 0 saturated heterocycles. The number of benzene rings is 1. The number of hydrogen-bond donors (Lipinski definition) is 2. The van der Waals surface area contributed by atoms with E-state index in [0.717, 1.165) is 18.5 Å². The predicted molar refractivity (Wildman–Crippen MR) is 72.3 cm³/mol. The molecule has 0 aliphatic carbocycles. The van der Waals surface area contributed by atoms with Crippen molar-refractivity contribution in [3.8, 4) is 0 Å². The van der Waals surface area contributed by atoms with Crippen molar-refractivity contribution in [2.75, 3.05) is 13.1 Å². The fourth-order valence-corrected chi connectivity index (χ4v) is 2.41. The summed E-state index contributed by atoms with van der Waals surface area (Å²) in [4.78, 5) is 15.9. The number of aromatic nitrogens is 2. The standard InChI is InChI=1S/C14H16N4O2/c1-2-15-13(19)12-17-14(20-18-12)11-10-6-4-3-5-9(10)7-8-16-11/h3-6,11,16H,2,7-8H2,1H3,(H,15,19). The Morgan fingerprint density at radius 1 is 1.50 bits per heavy atom. The Kier molecular flexibility index (Phi) is 3.47. The third-order valence-corrected chi connectivity index (χ3v) is 3.34. The van der Waals surface area contributed by atoms with Crippen molar-refractivity contribution < 1.29 is 9.32 Å². The lowest BCUT2D eigenvalue weighted by atomic mass is 9.94. The molecular formula is C14H16N4O2.